The summed E-state index contributed by atoms with van der Waals surface area (Å²) in [5.41, 5.74) is 10.3. The van der Waals surface area contributed by atoms with Gasteiger partial charge in [0.15, 0.2) is 0 Å². The van der Waals surface area contributed by atoms with Crippen molar-refractivity contribution in [1.29, 1.82) is 0 Å². The van der Waals surface area contributed by atoms with Crippen molar-refractivity contribution in [2.75, 3.05) is 19.6 Å². The first-order valence-electron chi connectivity index (χ1n) is 18.8. The van der Waals surface area contributed by atoms with Gasteiger partial charge in [-0.2, -0.15) is 0 Å². The van der Waals surface area contributed by atoms with Gasteiger partial charge >= 0.3 is 5.97 Å². The normalized spacial score (nSPS) is 20.3. The number of nitrogens with zero attached hydrogens (tertiary/aromatic N) is 2. The van der Waals surface area contributed by atoms with Crippen molar-refractivity contribution >= 4 is 29.1 Å². The molecule has 3 aliphatic rings. The lowest BCUT2D eigenvalue weighted by Crippen LogP contribution is -2.50. The fourth-order valence-corrected chi connectivity index (χ4v) is 8.73. The van der Waals surface area contributed by atoms with E-state index < -0.39 is 18.1 Å². The summed E-state index contributed by atoms with van der Waals surface area (Å²) in [5, 5.41) is 24.8. The second-order valence-electron chi connectivity index (χ2n) is 14.9. The van der Waals surface area contributed by atoms with Gasteiger partial charge in [0.1, 0.15) is 0 Å². The van der Waals surface area contributed by atoms with Crippen LogP contribution in [0.15, 0.2) is 96.7 Å². The van der Waals surface area contributed by atoms with Crippen LogP contribution in [0.5, 0.6) is 0 Å². The molecule has 8 heteroatoms. The molecule has 0 unspecified atom stereocenters. The molecule has 3 aromatic carbocycles. The molecule has 7 nitrogen and oxygen atoms in total. The lowest BCUT2D eigenvalue weighted by atomic mass is 9.77. The van der Waals surface area contributed by atoms with E-state index in [2.05, 4.69) is 28.4 Å². The number of carbonyl (C=O) groups excluding carboxylic acids is 1. The van der Waals surface area contributed by atoms with Gasteiger partial charge in [0.2, 0.25) is 0 Å². The molecule has 52 heavy (non-hydrogen) atoms. The molecule has 4 aromatic rings. The lowest BCUT2D eigenvalue weighted by molar-refractivity contribution is -0.138. The standard InChI is InChI=1S/C44H48ClN3O4/c45-37-18-19-38-36(27-37)17-14-34-7-4-22-46-43(34)42(38)33-20-23-48(24-21-33)28-40(49)39(25-29-5-2-1-3-6-29)47-44(52)35-15-12-32(13-16-35)31-10-8-30(9-11-31)26-41(50)51/h1-7,12-13,15-16,18-19,22,27,30-31,39-40,49H,8-11,14,17,20-21,23-26,28H2,(H,47,52)(H,50,51)/t30-,31-,39-,40+/m0/s1. The van der Waals surface area contributed by atoms with Gasteiger partial charge in [-0.05, 0) is 128 Å². The number of aliphatic hydroxyl groups is 1. The Labute approximate surface area is 311 Å². The van der Waals surface area contributed by atoms with Gasteiger partial charge in [-0.25, -0.2) is 0 Å². The first kappa shape index (κ1) is 36.1. The number of carboxylic acid groups (broad SMARTS) is 1. The number of benzene rings is 3. The number of carbonyl (C=O) groups is 2. The van der Waals surface area contributed by atoms with Crippen molar-refractivity contribution in [3.05, 3.63) is 141 Å². The van der Waals surface area contributed by atoms with Crippen LogP contribution < -0.4 is 5.32 Å². The van der Waals surface area contributed by atoms with Crippen LogP contribution in [0.1, 0.15) is 94.7 Å². The number of halogens is 1. The largest absolute Gasteiger partial charge is 0.481 e. The molecule has 1 aromatic heterocycles. The molecule has 270 valence electrons. The van der Waals surface area contributed by atoms with Crippen molar-refractivity contribution in [2.24, 2.45) is 5.92 Å². The molecule has 2 fully saturated rings. The van der Waals surface area contributed by atoms with E-state index in [9.17, 15) is 14.7 Å². The molecule has 2 heterocycles. The molecule has 3 N–H and O–H groups in total. The summed E-state index contributed by atoms with van der Waals surface area (Å²) in [4.78, 5) is 32.0. The number of piperidine rings is 1. The molecule has 1 amide bonds. The number of nitrogens with one attached hydrogen (secondary N) is 1. The van der Waals surface area contributed by atoms with Crippen LogP contribution >= 0.6 is 11.6 Å². The average molecular weight is 718 g/mol. The molecular weight excluding hydrogens is 670 g/mol. The summed E-state index contributed by atoms with van der Waals surface area (Å²) >= 11 is 6.43. The number of carboxylic acids is 1. The summed E-state index contributed by atoms with van der Waals surface area (Å²) in [6.07, 6.45) is 9.29. The Morgan fingerprint density at radius 2 is 1.60 bits per heavy atom. The number of aryl methyl sites for hydroxylation is 2. The van der Waals surface area contributed by atoms with Gasteiger partial charge in [0.05, 0.1) is 17.8 Å². The van der Waals surface area contributed by atoms with Gasteiger partial charge in [-0.15, -0.1) is 0 Å². The summed E-state index contributed by atoms with van der Waals surface area (Å²) in [6.45, 7) is 2.09. The molecule has 0 radical (unpaired) electrons. The Balaban J connectivity index is 1.02. The van der Waals surface area contributed by atoms with Gasteiger partial charge in [-0.1, -0.05) is 71.8 Å². The minimum atomic E-state index is -0.762. The third kappa shape index (κ3) is 8.66. The van der Waals surface area contributed by atoms with Crippen molar-refractivity contribution in [2.45, 2.75) is 82.3 Å². The molecule has 1 saturated heterocycles. The maximum atomic E-state index is 13.6. The smallest absolute Gasteiger partial charge is 0.303 e. The third-order valence-corrected chi connectivity index (χ3v) is 11.7. The van der Waals surface area contributed by atoms with E-state index in [0.717, 1.165) is 80.7 Å². The highest BCUT2D eigenvalue weighted by Gasteiger charge is 2.29. The quantitative estimate of drug-likeness (QED) is 0.154. The number of fused-ring (bicyclic) bond motifs is 2. The summed E-state index contributed by atoms with van der Waals surface area (Å²) in [6, 6.07) is 27.8. The van der Waals surface area contributed by atoms with Crippen LogP contribution in [0.2, 0.25) is 5.02 Å². The Morgan fingerprint density at radius 3 is 2.33 bits per heavy atom. The maximum Gasteiger partial charge on any atom is 0.303 e. The van der Waals surface area contributed by atoms with E-state index in [1.807, 2.05) is 72.9 Å². The van der Waals surface area contributed by atoms with Gasteiger partial charge < -0.3 is 20.4 Å². The number of β-amino-alcohol motifs (C(OH)–C–C–N with tert-alkyl or cyclic N) is 1. The number of likely N-dealkylation sites (tertiary alicyclic amines) is 1. The highest BCUT2D eigenvalue weighted by atomic mass is 35.5. The lowest BCUT2D eigenvalue weighted by Gasteiger charge is -2.34. The number of aliphatic carboxylic acids is 1. The third-order valence-electron chi connectivity index (χ3n) is 11.4. The van der Waals surface area contributed by atoms with Gasteiger partial charge in [0.25, 0.3) is 5.91 Å². The zero-order valence-corrected chi connectivity index (χ0v) is 30.4. The number of aliphatic hydroxyl groups excluding tert-OH is 1. The Bertz CT molecular complexity index is 1890. The predicted octanol–water partition coefficient (Wildman–Crippen LogP) is 7.88. The van der Waals surface area contributed by atoms with Crippen molar-refractivity contribution in [3.63, 3.8) is 0 Å². The van der Waals surface area contributed by atoms with E-state index in [-0.39, 0.29) is 18.2 Å². The summed E-state index contributed by atoms with van der Waals surface area (Å²) in [5.74, 6) is -0.271. The molecule has 1 aliphatic heterocycles. The first-order valence-corrected chi connectivity index (χ1v) is 19.2. The molecule has 0 spiro atoms. The number of aromatic nitrogens is 1. The van der Waals surface area contributed by atoms with E-state index >= 15 is 0 Å². The minimum Gasteiger partial charge on any atom is -0.481 e. The second kappa shape index (κ2) is 16.6. The first-order chi connectivity index (χ1) is 25.3. The Hall–Kier alpha value is -4.30. The average Bonchev–Trinajstić information content (AvgIpc) is 3.32. The zero-order chi connectivity index (χ0) is 36.0. The second-order valence-corrected chi connectivity index (χ2v) is 15.3. The number of pyridine rings is 1. The monoisotopic (exact) mass is 717 g/mol. The van der Waals surface area contributed by atoms with Crippen LogP contribution in [-0.4, -0.2) is 63.8 Å². The number of hydrogen-bond acceptors (Lipinski definition) is 5. The van der Waals surface area contributed by atoms with Crippen LogP contribution in [0.3, 0.4) is 0 Å². The molecule has 0 bridgehead atoms. The van der Waals surface area contributed by atoms with E-state index in [1.165, 1.54) is 33.4 Å². The topological polar surface area (TPSA) is 103 Å². The summed E-state index contributed by atoms with van der Waals surface area (Å²) < 4.78 is 0. The van der Waals surface area contributed by atoms with E-state index in [0.29, 0.717) is 24.4 Å². The Morgan fingerprint density at radius 1 is 0.865 bits per heavy atom. The minimum absolute atomic E-state index is 0.194. The molecule has 1 saturated carbocycles. The van der Waals surface area contributed by atoms with Crippen LogP contribution in [0.4, 0.5) is 0 Å². The Kier molecular flexibility index (Phi) is 11.5. The molecular formula is C44H48ClN3O4. The van der Waals surface area contributed by atoms with Crippen molar-refractivity contribution in [3.8, 4) is 0 Å². The van der Waals surface area contributed by atoms with Gasteiger partial charge in [-0.3, -0.25) is 14.6 Å². The number of hydrogen-bond donors (Lipinski definition) is 3. The highest BCUT2D eigenvalue weighted by Crippen LogP contribution is 2.39. The molecule has 7 rings (SSSR count). The highest BCUT2D eigenvalue weighted by molar-refractivity contribution is 6.30. The molecule has 2 aliphatic carbocycles. The van der Waals surface area contributed by atoms with Crippen molar-refractivity contribution < 1.29 is 19.8 Å². The van der Waals surface area contributed by atoms with Gasteiger partial charge in [0, 0.05) is 48.4 Å². The molecule has 2 atom stereocenters. The van der Waals surface area contributed by atoms with E-state index in [1.54, 1.807) is 0 Å². The number of rotatable bonds is 10. The fraction of sp³-hybridized carbons (Fsp3) is 0.386. The zero-order valence-electron chi connectivity index (χ0n) is 29.6. The summed E-state index contributed by atoms with van der Waals surface area (Å²) in [7, 11) is 0. The van der Waals surface area contributed by atoms with Crippen molar-refractivity contribution in [1.82, 2.24) is 15.2 Å². The van der Waals surface area contributed by atoms with Crippen LogP contribution in [0, 0.1) is 5.92 Å². The fourth-order valence-electron chi connectivity index (χ4n) is 8.54. The predicted molar refractivity (Wildman–Crippen MR) is 206 cm³/mol. The van der Waals surface area contributed by atoms with E-state index in [4.69, 9.17) is 21.7 Å². The van der Waals surface area contributed by atoms with Crippen LogP contribution in [0.25, 0.3) is 5.57 Å². The number of amides is 1. The maximum absolute atomic E-state index is 13.6. The van der Waals surface area contributed by atoms with Crippen LogP contribution in [-0.2, 0) is 24.1 Å². The SMILES string of the molecule is O=C(O)C[C@H]1CC[C@H](c2ccc(C(=O)N[C@@H](Cc3ccccc3)[C@H](O)CN3CCC(=C4c5ccc(Cl)cc5CCc5cccnc54)CC3)cc2)CC1.